The van der Waals surface area contributed by atoms with Crippen LogP contribution in [0.15, 0.2) is 54.7 Å². The summed E-state index contributed by atoms with van der Waals surface area (Å²) in [6, 6.07) is 14.5. The summed E-state index contributed by atoms with van der Waals surface area (Å²) in [7, 11) is 0. The van der Waals surface area contributed by atoms with Gasteiger partial charge >= 0.3 is 0 Å². The molecule has 1 aromatic heterocycles. The maximum absolute atomic E-state index is 14.9. The van der Waals surface area contributed by atoms with Gasteiger partial charge in [0.1, 0.15) is 17.3 Å². The summed E-state index contributed by atoms with van der Waals surface area (Å²) in [6.07, 6.45) is 4.29. The monoisotopic (exact) mass is 432 g/mol. The van der Waals surface area contributed by atoms with Crippen LogP contribution in [0.4, 0.5) is 10.2 Å². The van der Waals surface area contributed by atoms with Crippen LogP contribution in [0.1, 0.15) is 52.7 Å². The summed E-state index contributed by atoms with van der Waals surface area (Å²) in [5.41, 5.74) is 9.02. The Morgan fingerprint density at radius 3 is 2.66 bits per heavy atom. The van der Waals surface area contributed by atoms with Crippen molar-refractivity contribution in [1.82, 2.24) is 15.3 Å². The molecule has 0 spiro atoms. The van der Waals surface area contributed by atoms with Crippen molar-refractivity contribution in [2.45, 2.75) is 37.1 Å². The van der Waals surface area contributed by atoms with Gasteiger partial charge in [0, 0.05) is 36.7 Å². The number of halogens is 1. The van der Waals surface area contributed by atoms with E-state index in [-0.39, 0.29) is 29.3 Å². The number of nitrogen functional groups attached to an aromatic ring is 1. The highest BCUT2D eigenvalue weighted by molar-refractivity contribution is 5.95. The van der Waals surface area contributed by atoms with Crippen LogP contribution in [0.3, 0.4) is 0 Å². The summed E-state index contributed by atoms with van der Waals surface area (Å²) in [6.45, 7) is 1.38. The number of benzene rings is 2. The number of hydrogen-bond donors (Lipinski definition) is 2. The second-order valence-electron chi connectivity index (χ2n) is 8.44. The third-order valence-electron chi connectivity index (χ3n) is 6.28. The van der Waals surface area contributed by atoms with Gasteiger partial charge in [-0.2, -0.15) is 0 Å². The molecule has 2 heterocycles. The first-order chi connectivity index (χ1) is 15.6. The van der Waals surface area contributed by atoms with E-state index in [0.717, 1.165) is 25.0 Å². The molecule has 0 radical (unpaired) electrons. The Hall–Kier alpha value is -3.32. The predicted octanol–water partition coefficient (Wildman–Crippen LogP) is 4.04. The molecular formula is C25H25FN4O2. The zero-order chi connectivity index (χ0) is 22.1. The van der Waals surface area contributed by atoms with Gasteiger partial charge in [-0.05, 0) is 37.0 Å². The lowest BCUT2D eigenvalue weighted by Gasteiger charge is -2.22. The minimum absolute atomic E-state index is 0.0135. The van der Waals surface area contributed by atoms with Crippen molar-refractivity contribution in [3.05, 3.63) is 77.4 Å². The van der Waals surface area contributed by atoms with Gasteiger partial charge in [0.25, 0.3) is 5.91 Å². The zero-order valence-electron chi connectivity index (χ0n) is 17.6. The third kappa shape index (κ3) is 4.21. The van der Waals surface area contributed by atoms with Gasteiger partial charge in [0.15, 0.2) is 0 Å². The van der Waals surface area contributed by atoms with Crippen molar-refractivity contribution >= 4 is 11.7 Å². The molecule has 2 fully saturated rings. The average molecular weight is 432 g/mol. The Balaban J connectivity index is 1.32. The molecule has 1 saturated heterocycles. The minimum atomic E-state index is -0.602. The fourth-order valence-corrected chi connectivity index (χ4v) is 4.33. The molecule has 0 unspecified atom stereocenters. The normalized spacial score (nSPS) is 20.7. The molecule has 2 aromatic carbocycles. The lowest BCUT2D eigenvalue weighted by atomic mass is 9.96. The molecule has 164 valence electrons. The van der Waals surface area contributed by atoms with E-state index in [1.54, 1.807) is 12.3 Å². The zero-order valence-corrected chi connectivity index (χ0v) is 17.6. The first kappa shape index (κ1) is 20.6. The number of nitrogens with two attached hydrogens (primary N) is 1. The Bertz CT molecular complexity index is 1130. The number of rotatable bonds is 5. The molecule has 3 aromatic rings. The molecule has 1 aliphatic carbocycles. The van der Waals surface area contributed by atoms with Crippen LogP contribution in [0.2, 0.25) is 0 Å². The van der Waals surface area contributed by atoms with E-state index in [0.29, 0.717) is 24.5 Å². The Labute approximate surface area is 186 Å². The van der Waals surface area contributed by atoms with Crippen LogP contribution in [0.5, 0.6) is 0 Å². The van der Waals surface area contributed by atoms with Gasteiger partial charge in [-0.15, -0.1) is 0 Å². The van der Waals surface area contributed by atoms with Crippen molar-refractivity contribution in [2.75, 3.05) is 18.9 Å². The molecule has 1 aliphatic heterocycles. The summed E-state index contributed by atoms with van der Waals surface area (Å²) in [4.78, 5) is 21.6. The van der Waals surface area contributed by atoms with Crippen molar-refractivity contribution < 1.29 is 13.9 Å². The highest BCUT2D eigenvalue weighted by Crippen LogP contribution is 2.40. The molecule has 6 nitrogen and oxygen atoms in total. The second kappa shape index (κ2) is 8.67. The number of nitrogens with zero attached hydrogens (tertiary/aromatic N) is 2. The standard InChI is InChI=1S/C25H25FN4O2/c26-20-12-17(23-24(27)28-14-22(29-23)16-8-10-32-11-9-16)6-7-18(20)25(31)30-21-13-19(21)15-4-2-1-3-5-15/h1-7,12,14,16,19,21H,8-11,13H2,(H2,27,28)(H,30,31)/t19-,21+/m1/s1. The summed E-state index contributed by atoms with van der Waals surface area (Å²) in [5, 5.41) is 2.94. The van der Waals surface area contributed by atoms with E-state index in [1.165, 1.54) is 17.7 Å². The SMILES string of the molecule is Nc1ncc(C2CCOCC2)nc1-c1ccc(C(=O)N[C@H]2C[C@@H]2c2ccccc2)c(F)c1. The number of carbonyl (C=O) groups is 1. The molecule has 3 N–H and O–H groups in total. The predicted molar refractivity (Wildman–Crippen MR) is 120 cm³/mol. The van der Waals surface area contributed by atoms with Gasteiger partial charge in [0.05, 0.1) is 17.5 Å². The second-order valence-corrected chi connectivity index (χ2v) is 8.44. The number of carbonyl (C=O) groups excluding carboxylic acids is 1. The fraction of sp³-hybridized carbons (Fsp3) is 0.320. The van der Waals surface area contributed by atoms with Gasteiger partial charge in [0.2, 0.25) is 0 Å². The number of ether oxygens (including phenoxy) is 1. The van der Waals surface area contributed by atoms with Gasteiger partial charge in [-0.25, -0.2) is 14.4 Å². The molecule has 7 heteroatoms. The summed E-state index contributed by atoms with van der Waals surface area (Å²) >= 11 is 0. The molecule has 0 bridgehead atoms. The van der Waals surface area contributed by atoms with Gasteiger partial charge in [-0.3, -0.25) is 4.79 Å². The van der Waals surface area contributed by atoms with Crippen LogP contribution < -0.4 is 11.1 Å². The molecular weight excluding hydrogens is 407 g/mol. The molecule has 1 saturated carbocycles. The topological polar surface area (TPSA) is 90.1 Å². The first-order valence-electron chi connectivity index (χ1n) is 11.0. The van der Waals surface area contributed by atoms with Crippen LogP contribution in [0, 0.1) is 5.82 Å². The van der Waals surface area contributed by atoms with E-state index in [9.17, 15) is 9.18 Å². The van der Waals surface area contributed by atoms with Crippen LogP contribution in [-0.2, 0) is 4.74 Å². The number of aromatic nitrogens is 2. The summed E-state index contributed by atoms with van der Waals surface area (Å²) in [5.74, 6) is -0.241. The lowest BCUT2D eigenvalue weighted by molar-refractivity contribution is 0.0844. The number of amides is 1. The number of hydrogen-bond acceptors (Lipinski definition) is 5. The van der Waals surface area contributed by atoms with Crippen LogP contribution >= 0.6 is 0 Å². The highest BCUT2D eigenvalue weighted by atomic mass is 19.1. The van der Waals surface area contributed by atoms with E-state index in [4.69, 9.17) is 10.5 Å². The lowest BCUT2D eigenvalue weighted by Crippen LogP contribution is -2.27. The molecule has 5 rings (SSSR count). The molecule has 2 aliphatic rings. The van der Waals surface area contributed by atoms with Crippen molar-refractivity contribution in [1.29, 1.82) is 0 Å². The quantitative estimate of drug-likeness (QED) is 0.635. The maximum atomic E-state index is 14.9. The van der Waals surface area contributed by atoms with Gasteiger partial charge in [-0.1, -0.05) is 36.4 Å². The molecule has 2 atom stereocenters. The average Bonchev–Trinajstić information content (AvgIpc) is 3.59. The van der Waals surface area contributed by atoms with Crippen molar-refractivity contribution in [3.8, 4) is 11.3 Å². The molecule has 1 amide bonds. The minimum Gasteiger partial charge on any atom is -0.382 e. The van der Waals surface area contributed by atoms with E-state index in [1.807, 2.05) is 30.3 Å². The van der Waals surface area contributed by atoms with E-state index < -0.39 is 11.7 Å². The van der Waals surface area contributed by atoms with Crippen LogP contribution in [-0.4, -0.2) is 35.1 Å². The maximum Gasteiger partial charge on any atom is 0.254 e. The van der Waals surface area contributed by atoms with Crippen LogP contribution in [0.25, 0.3) is 11.3 Å². The Kier molecular flexibility index (Phi) is 5.57. The Morgan fingerprint density at radius 1 is 1.12 bits per heavy atom. The first-order valence-corrected chi connectivity index (χ1v) is 11.0. The van der Waals surface area contributed by atoms with Crippen molar-refractivity contribution in [3.63, 3.8) is 0 Å². The van der Waals surface area contributed by atoms with E-state index >= 15 is 0 Å². The highest BCUT2D eigenvalue weighted by Gasteiger charge is 2.39. The van der Waals surface area contributed by atoms with Crippen molar-refractivity contribution in [2.24, 2.45) is 0 Å². The largest absolute Gasteiger partial charge is 0.382 e. The third-order valence-corrected chi connectivity index (χ3v) is 6.28. The number of nitrogens with one attached hydrogen (secondary N) is 1. The smallest absolute Gasteiger partial charge is 0.254 e. The fourth-order valence-electron chi connectivity index (χ4n) is 4.33. The molecule has 32 heavy (non-hydrogen) atoms. The Morgan fingerprint density at radius 2 is 1.91 bits per heavy atom. The number of anilines is 1. The van der Waals surface area contributed by atoms with Gasteiger partial charge < -0.3 is 15.8 Å². The van der Waals surface area contributed by atoms with E-state index in [2.05, 4.69) is 15.3 Å². The summed E-state index contributed by atoms with van der Waals surface area (Å²) < 4.78 is 20.3.